The van der Waals surface area contributed by atoms with Crippen LogP contribution in [0.25, 0.3) is 11.0 Å². The van der Waals surface area contributed by atoms with Crippen LogP contribution >= 0.6 is 0 Å². The molecule has 2 aromatic carbocycles. The highest BCUT2D eigenvalue weighted by molar-refractivity contribution is 5.98. The van der Waals surface area contributed by atoms with Gasteiger partial charge in [0.05, 0.1) is 42.9 Å². The second kappa shape index (κ2) is 14.5. The molecule has 3 aliphatic heterocycles. The number of nitrogens with zero attached hydrogens (tertiary/aromatic N) is 4. The lowest BCUT2D eigenvalue weighted by atomic mass is 9.90. The smallest absolute Gasteiger partial charge is 0.337 e. The average molecular weight is 657 g/mol. The fraction of sp³-hybridized carbons (Fsp3) is 0.459. The van der Waals surface area contributed by atoms with Gasteiger partial charge >= 0.3 is 5.97 Å². The molecule has 0 spiro atoms. The molecule has 4 aromatic rings. The van der Waals surface area contributed by atoms with E-state index in [4.69, 9.17) is 28.9 Å². The minimum Gasteiger partial charge on any atom is -0.473 e. The number of rotatable bonds is 11. The van der Waals surface area contributed by atoms with E-state index >= 15 is 0 Å². The van der Waals surface area contributed by atoms with Crippen molar-refractivity contribution in [3.05, 3.63) is 88.6 Å². The largest absolute Gasteiger partial charge is 0.473 e. The molecule has 0 N–H and O–H groups in total. The van der Waals surface area contributed by atoms with Gasteiger partial charge in [0.25, 0.3) is 0 Å². The number of likely N-dealkylation sites (tertiary alicyclic amines) is 1. The highest BCUT2D eigenvalue weighted by Gasteiger charge is 2.27. The van der Waals surface area contributed by atoms with Crippen LogP contribution in [-0.2, 0) is 33.9 Å². The summed E-state index contributed by atoms with van der Waals surface area (Å²) in [5, 5.41) is 0. The number of hydrogen-bond acceptors (Lipinski definition) is 9. The number of pyridine rings is 1. The van der Waals surface area contributed by atoms with E-state index in [2.05, 4.69) is 9.47 Å². The first-order chi connectivity index (χ1) is 23.4. The number of carbonyl (C=O) groups excluding carboxylic acids is 2. The standard InChI is InChI=1S/C37H41FN4O6/c1-45-37(44)27-7-8-32-33(20-27)42(21-29-13-18-47-29)34(39-32)22-41-14-9-24(10-15-41)31-3-2-4-35(40-31)48-23-28-6-5-26(19-30(28)38)36(43)25-11-16-46-17-12-25/h2-8,19-20,24-25,29H,9-18,21-23H2,1H3/t29-/m0/s1. The number of piperidine rings is 1. The van der Waals surface area contributed by atoms with Crippen molar-refractivity contribution < 1.29 is 32.9 Å². The van der Waals surface area contributed by atoms with Crippen LogP contribution in [0.4, 0.5) is 4.39 Å². The Morgan fingerprint density at radius 1 is 0.938 bits per heavy atom. The van der Waals surface area contributed by atoms with Gasteiger partial charge in [-0.2, -0.15) is 0 Å². The third-order valence-electron chi connectivity index (χ3n) is 9.85. The molecule has 7 rings (SSSR count). The van der Waals surface area contributed by atoms with Crippen LogP contribution in [0, 0.1) is 11.7 Å². The Hall–Kier alpha value is -4.19. The van der Waals surface area contributed by atoms with Crippen molar-refractivity contribution in [3.8, 4) is 5.88 Å². The molecule has 48 heavy (non-hydrogen) atoms. The van der Waals surface area contributed by atoms with Gasteiger partial charge in [-0.3, -0.25) is 9.69 Å². The summed E-state index contributed by atoms with van der Waals surface area (Å²) in [6.07, 6.45) is 4.38. The summed E-state index contributed by atoms with van der Waals surface area (Å²) < 4.78 is 39.1. The summed E-state index contributed by atoms with van der Waals surface area (Å²) in [4.78, 5) is 37.2. The molecule has 252 valence electrons. The number of methoxy groups -OCH3 is 1. The Labute approximate surface area is 279 Å². The van der Waals surface area contributed by atoms with Crippen LogP contribution in [0.15, 0.2) is 54.6 Å². The third-order valence-corrected chi connectivity index (χ3v) is 9.85. The van der Waals surface area contributed by atoms with E-state index in [1.165, 1.54) is 13.2 Å². The van der Waals surface area contributed by atoms with Gasteiger partial charge in [0.15, 0.2) is 5.78 Å². The third kappa shape index (κ3) is 7.13. The highest BCUT2D eigenvalue weighted by atomic mass is 19.1. The fourth-order valence-corrected chi connectivity index (χ4v) is 6.86. The van der Waals surface area contributed by atoms with Gasteiger partial charge in [-0.1, -0.05) is 18.2 Å². The number of hydrogen-bond donors (Lipinski definition) is 0. The molecular formula is C37H41FN4O6. The Kier molecular flexibility index (Phi) is 9.78. The molecule has 0 aliphatic carbocycles. The molecule has 0 unspecified atom stereocenters. The van der Waals surface area contributed by atoms with Gasteiger partial charge in [0.1, 0.15) is 18.2 Å². The SMILES string of the molecule is COC(=O)c1ccc2nc(CN3CCC(c4cccc(OCc5ccc(C(=O)C6CCOCC6)cc5F)n4)CC3)n(C[C@@H]3CCO3)c2c1. The molecule has 0 saturated carbocycles. The minimum atomic E-state index is -0.450. The molecule has 1 atom stereocenters. The summed E-state index contributed by atoms with van der Waals surface area (Å²) in [6.45, 7) is 5.11. The second-order valence-corrected chi connectivity index (χ2v) is 12.9. The Morgan fingerprint density at radius 2 is 1.73 bits per heavy atom. The van der Waals surface area contributed by atoms with E-state index in [1.54, 1.807) is 24.3 Å². The number of benzene rings is 2. The zero-order valence-electron chi connectivity index (χ0n) is 27.2. The number of halogens is 1. The lowest BCUT2D eigenvalue weighted by Gasteiger charge is -2.32. The maximum Gasteiger partial charge on any atom is 0.337 e. The molecule has 5 heterocycles. The quantitative estimate of drug-likeness (QED) is 0.148. The van der Waals surface area contributed by atoms with Crippen LogP contribution in [0.3, 0.4) is 0 Å². The number of aromatic nitrogens is 3. The number of ketones is 1. The second-order valence-electron chi connectivity index (χ2n) is 12.9. The first-order valence-corrected chi connectivity index (χ1v) is 16.9. The van der Waals surface area contributed by atoms with Crippen molar-refractivity contribution in [2.24, 2.45) is 5.92 Å². The number of carbonyl (C=O) groups is 2. The topological polar surface area (TPSA) is 105 Å². The number of ether oxygens (including phenoxy) is 4. The van der Waals surface area contributed by atoms with E-state index in [0.717, 1.165) is 61.5 Å². The number of fused-ring (bicyclic) bond motifs is 1. The molecule has 10 nitrogen and oxygen atoms in total. The molecule has 3 aliphatic rings. The van der Waals surface area contributed by atoms with Crippen molar-refractivity contribution >= 4 is 22.8 Å². The van der Waals surface area contributed by atoms with Gasteiger partial charge in [0, 0.05) is 54.5 Å². The van der Waals surface area contributed by atoms with Crippen LogP contribution in [0.5, 0.6) is 5.88 Å². The summed E-state index contributed by atoms with van der Waals surface area (Å²) in [5.41, 5.74) is 4.02. The number of esters is 1. The molecule has 3 fully saturated rings. The molecule has 3 saturated heterocycles. The zero-order valence-corrected chi connectivity index (χ0v) is 27.2. The van der Waals surface area contributed by atoms with Crippen LogP contribution in [0.1, 0.15) is 75.8 Å². The van der Waals surface area contributed by atoms with Gasteiger partial charge < -0.3 is 23.5 Å². The van der Waals surface area contributed by atoms with Crippen LogP contribution in [0.2, 0.25) is 0 Å². The maximum atomic E-state index is 15.0. The maximum absolute atomic E-state index is 15.0. The Morgan fingerprint density at radius 3 is 2.46 bits per heavy atom. The lowest BCUT2D eigenvalue weighted by Crippen LogP contribution is -2.35. The van der Waals surface area contributed by atoms with E-state index in [-0.39, 0.29) is 36.3 Å². The Balaban J connectivity index is 0.964. The van der Waals surface area contributed by atoms with Crippen molar-refractivity contribution in [1.29, 1.82) is 0 Å². The summed E-state index contributed by atoms with van der Waals surface area (Å²) in [6, 6.07) is 15.9. The van der Waals surface area contributed by atoms with Gasteiger partial charge in [0.2, 0.25) is 5.88 Å². The predicted octanol–water partition coefficient (Wildman–Crippen LogP) is 5.71. The van der Waals surface area contributed by atoms with E-state index < -0.39 is 5.82 Å². The first kappa shape index (κ1) is 32.4. The van der Waals surface area contributed by atoms with Gasteiger partial charge in [-0.05, 0) is 75.5 Å². The van der Waals surface area contributed by atoms with E-state index in [9.17, 15) is 14.0 Å². The number of imidazole rings is 1. The molecule has 0 bridgehead atoms. The lowest BCUT2D eigenvalue weighted by molar-refractivity contribution is -0.0592. The van der Waals surface area contributed by atoms with Crippen molar-refractivity contribution in [2.45, 2.75) is 63.8 Å². The summed E-state index contributed by atoms with van der Waals surface area (Å²) >= 11 is 0. The molecule has 11 heteroatoms. The van der Waals surface area contributed by atoms with Gasteiger partial charge in [-0.15, -0.1) is 0 Å². The number of Topliss-reactive ketones (excluding diaryl/α,β-unsaturated/α-hetero) is 1. The minimum absolute atomic E-state index is 0.0266. The van der Waals surface area contributed by atoms with Crippen molar-refractivity contribution in [1.82, 2.24) is 19.4 Å². The van der Waals surface area contributed by atoms with Crippen molar-refractivity contribution in [3.63, 3.8) is 0 Å². The molecule has 2 aromatic heterocycles. The average Bonchev–Trinajstić information content (AvgIpc) is 3.45. The van der Waals surface area contributed by atoms with Crippen molar-refractivity contribution in [2.75, 3.05) is 40.0 Å². The predicted molar refractivity (Wildman–Crippen MR) is 176 cm³/mol. The summed E-state index contributed by atoms with van der Waals surface area (Å²) in [7, 11) is 1.39. The van der Waals surface area contributed by atoms with E-state index in [0.29, 0.717) is 61.7 Å². The summed E-state index contributed by atoms with van der Waals surface area (Å²) in [5.74, 6) is 0.739. The zero-order chi connectivity index (χ0) is 33.0. The highest BCUT2D eigenvalue weighted by Crippen LogP contribution is 2.30. The monoisotopic (exact) mass is 656 g/mol. The Bertz CT molecular complexity index is 1770. The van der Waals surface area contributed by atoms with E-state index in [1.807, 2.05) is 24.3 Å². The van der Waals surface area contributed by atoms with Gasteiger partial charge in [-0.25, -0.2) is 19.2 Å². The molecule has 0 amide bonds. The molecular weight excluding hydrogens is 615 g/mol. The fourth-order valence-electron chi connectivity index (χ4n) is 6.86. The normalized spacial score (nSPS) is 19.2. The first-order valence-electron chi connectivity index (χ1n) is 16.9. The van der Waals surface area contributed by atoms with Crippen LogP contribution in [-0.4, -0.2) is 77.3 Å². The molecule has 0 radical (unpaired) electrons. The van der Waals surface area contributed by atoms with Crippen LogP contribution < -0.4 is 4.74 Å².